The first kappa shape index (κ1) is 16.9. The van der Waals surface area contributed by atoms with Crippen molar-refractivity contribution in [3.8, 4) is 6.07 Å². The van der Waals surface area contributed by atoms with Crippen molar-refractivity contribution in [3.63, 3.8) is 0 Å². The van der Waals surface area contributed by atoms with E-state index in [2.05, 4.69) is 32.2 Å². The van der Waals surface area contributed by atoms with Gasteiger partial charge in [0.05, 0.1) is 17.4 Å². The summed E-state index contributed by atoms with van der Waals surface area (Å²) in [5.41, 5.74) is 1.49. The van der Waals surface area contributed by atoms with Crippen LogP contribution in [0, 0.1) is 17.2 Å². The molecule has 4 heteroatoms. The maximum atomic E-state index is 10.2. The van der Waals surface area contributed by atoms with Crippen LogP contribution < -0.4 is 5.32 Å². The lowest BCUT2D eigenvalue weighted by Gasteiger charge is -2.21. The molecule has 0 aliphatic carbocycles. The van der Waals surface area contributed by atoms with Crippen molar-refractivity contribution >= 4 is 17.4 Å². The molecule has 3 nitrogen and oxygen atoms in total. The second kappa shape index (κ2) is 8.89. The molecule has 0 radical (unpaired) electrons. The predicted molar refractivity (Wildman–Crippen MR) is 86.1 cm³/mol. The Labute approximate surface area is 126 Å². The quantitative estimate of drug-likeness (QED) is 0.714. The molecule has 0 heterocycles. The van der Waals surface area contributed by atoms with E-state index in [9.17, 15) is 10.4 Å². The van der Waals surface area contributed by atoms with Crippen molar-refractivity contribution in [1.29, 1.82) is 5.26 Å². The van der Waals surface area contributed by atoms with Crippen molar-refractivity contribution in [1.82, 2.24) is 0 Å². The van der Waals surface area contributed by atoms with Gasteiger partial charge in [-0.2, -0.15) is 5.26 Å². The fourth-order valence-electron chi connectivity index (χ4n) is 2.28. The second-order valence-corrected chi connectivity index (χ2v) is 6.05. The van der Waals surface area contributed by atoms with Crippen molar-refractivity contribution in [2.45, 2.75) is 44.6 Å². The second-order valence-electron chi connectivity index (χ2n) is 4.75. The Bertz CT molecular complexity index is 452. The third-order valence-electron chi connectivity index (χ3n) is 3.53. The molecule has 1 aromatic rings. The van der Waals surface area contributed by atoms with Crippen LogP contribution in [0.4, 0.5) is 5.69 Å². The van der Waals surface area contributed by atoms with Crippen molar-refractivity contribution in [2.75, 3.05) is 17.6 Å². The van der Waals surface area contributed by atoms with Gasteiger partial charge in [-0.25, -0.2) is 0 Å². The van der Waals surface area contributed by atoms with E-state index in [-0.39, 0.29) is 6.10 Å². The highest BCUT2D eigenvalue weighted by Crippen LogP contribution is 2.28. The summed E-state index contributed by atoms with van der Waals surface area (Å²) >= 11 is 1.67. The van der Waals surface area contributed by atoms with Gasteiger partial charge < -0.3 is 10.4 Å². The molecule has 0 bridgehead atoms. The van der Waals surface area contributed by atoms with Crippen molar-refractivity contribution in [3.05, 3.63) is 23.8 Å². The lowest BCUT2D eigenvalue weighted by atomic mass is 9.96. The van der Waals surface area contributed by atoms with E-state index in [1.807, 2.05) is 18.2 Å². The fourth-order valence-corrected chi connectivity index (χ4v) is 3.07. The summed E-state index contributed by atoms with van der Waals surface area (Å²) in [5.74, 6) is 1.25. The number of hydrogen-bond acceptors (Lipinski definition) is 4. The molecule has 110 valence electrons. The summed E-state index contributed by atoms with van der Waals surface area (Å²) in [7, 11) is 0. The first-order chi connectivity index (χ1) is 9.67. The zero-order valence-corrected chi connectivity index (χ0v) is 13.3. The molecular weight excluding hydrogens is 268 g/mol. The summed E-state index contributed by atoms with van der Waals surface area (Å²) in [6.45, 7) is 6.75. The highest BCUT2D eigenvalue weighted by molar-refractivity contribution is 7.99. The molecule has 0 aliphatic heterocycles. The van der Waals surface area contributed by atoms with Crippen LogP contribution in [-0.2, 0) is 0 Å². The molecule has 0 fully saturated rings. The Morgan fingerprint density at radius 3 is 2.55 bits per heavy atom. The van der Waals surface area contributed by atoms with E-state index >= 15 is 0 Å². The Morgan fingerprint density at radius 1 is 1.30 bits per heavy atom. The van der Waals surface area contributed by atoms with Gasteiger partial charge >= 0.3 is 0 Å². The van der Waals surface area contributed by atoms with Gasteiger partial charge in [-0.05, 0) is 23.8 Å². The first-order valence-corrected chi connectivity index (χ1v) is 8.24. The lowest BCUT2D eigenvalue weighted by Crippen LogP contribution is -2.27. The Hall–Kier alpha value is -1.18. The SMILES string of the molecule is CCSc1cccc(NCC(O)C(CC)CC)c1C#N. The number of rotatable bonds is 8. The lowest BCUT2D eigenvalue weighted by molar-refractivity contribution is 0.114. The summed E-state index contributed by atoms with van der Waals surface area (Å²) in [5, 5.41) is 22.7. The van der Waals surface area contributed by atoms with Crippen molar-refractivity contribution in [2.24, 2.45) is 5.92 Å². The maximum Gasteiger partial charge on any atom is 0.102 e. The third-order valence-corrected chi connectivity index (χ3v) is 4.47. The van der Waals surface area contributed by atoms with Gasteiger partial charge in [-0.3, -0.25) is 0 Å². The topological polar surface area (TPSA) is 56.0 Å². The molecule has 2 N–H and O–H groups in total. The largest absolute Gasteiger partial charge is 0.391 e. The number of thioether (sulfide) groups is 1. The first-order valence-electron chi connectivity index (χ1n) is 7.25. The minimum Gasteiger partial charge on any atom is -0.391 e. The molecule has 1 atom stereocenters. The van der Waals surface area contributed by atoms with E-state index < -0.39 is 0 Å². The van der Waals surface area contributed by atoms with Gasteiger partial charge in [0, 0.05) is 11.4 Å². The molecule has 0 saturated heterocycles. The summed E-state index contributed by atoms with van der Waals surface area (Å²) < 4.78 is 0. The zero-order chi connectivity index (χ0) is 15.0. The van der Waals surface area contributed by atoms with E-state index in [0.29, 0.717) is 18.0 Å². The number of aliphatic hydroxyl groups is 1. The zero-order valence-electron chi connectivity index (χ0n) is 12.5. The molecule has 0 spiro atoms. The van der Waals surface area contributed by atoms with E-state index in [4.69, 9.17) is 0 Å². The van der Waals surface area contributed by atoms with Crippen LogP contribution in [0.5, 0.6) is 0 Å². The monoisotopic (exact) mass is 292 g/mol. The van der Waals surface area contributed by atoms with Gasteiger partial charge in [-0.1, -0.05) is 39.7 Å². The summed E-state index contributed by atoms with van der Waals surface area (Å²) in [6, 6.07) is 8.08. The van der Waals surface area contributed by atoms with Gasteiger partial charge in [0.1, 0.15) is 6.07 Å². The van der Waals surface area contributed by atoms with Crippen LogP contribution in [-0.4, -0.2) is 23.5 Å². The Balaban J connectivity index is 2.78. The van der Waals surface area contributed by atoms with Crippen LogP contribution in [0.2, 0.25) is 0 Å². The highest BCUT2D eigenvalue weighted by Gasteiger charge is 2.16. The average molecular weight is 292 g/mol. The minimum atomic E-state index is -0.376. The van der Waals surface area contributed by atoms with E-state index in [1.165, 1.54) is 0 Å². The van der Waals surface area contributed by atoms with Crippen LogP contribution in [0.15, 0.2) is 23.1 Å². The van der Waals surface area contributed by atoms with Crippen LogP contribution in [0.1, 0.15) is 39.2 Å². The molecule has 0 amide bonds. The highest BCUT2D eigenvalue weighted by atomic mass is 32.2. The molecule has 20 heavy (non-hydrogen) atoms. The number of anilines is 1. The fraction of sp³-hybridized carbons (Fsp3) is 0.562. The minimum absolute atomic E-state index is 0.307. The molecule has 0 saturated carbocycles. The maximum absolute atomic E-state index is 10.2. The average Bonchev–Trinajstić information content (AvgIpc) is 2.46. The van der Waals surface area contributed by atoms with Gasteiger partial charge in [-0.15, -0.1) is 11.8 Å². The van der Waals surface area contributed by atoms with Gasteiger partial charge in [0.2, 0.25) is 0 Å². The van der Waals surface area contributed by atoms with Gasteiger partial charge in [0.25, 0.3) is 0 Å². The number of nitrogens with one attached hydrogen (secondary N) is 1. The molecule has 1 aromatic carbocycles. The number of nitrogens with zero attached hydrogens (tertiary/aromatic N) is 1. The smallest absolute Gasteiger partial charge is 0.102 e. The Morgan fingerprint density at radius 2 is 2.00 bits per heavy atom. The number of nitriles is 1. The van der Waals surface area contributed by atoms with Crippen molar-refractivity contribution < 1.29 is 5.11 Å². The van der Waals surface area contributed by atoms with Crippen LogP contribution >= 0.6 is 11.8 Å². The standard InChI is InChI=1S/C16H24N2OS/c1-4-12(5-2)15(19)11-18-14-8-7-9-16(20-6-3)13(14)10-17/h7-9,12,15,18-19H,4-6,11H2,1-3H3. The Kier molecular flexibility index (Phi) is 7.50. The number of aliphatic hydroxyl groups excluding tert-OH is 1. The number of benzene rings is 1. The van der Waals surface area contributed by atoms with Crippen LogP contribution in [0.3, 0.4) is 0 Å². The van der Waals surface area contributed by atoms with E-state index in [1.54, 1.807) is 11.8 Å². The van der Waals surface area contributed by atoms with Crippen LogP contribution in [0.25, 0.3) is 0 Å². The third kappa shape index (κ3) is 4.43. The van der Waals surface area contributed by atoms with Gasteiger partial charge in [0.15, 0.2) is 0 Å². The molecule has 1 unspecified atom stereocenters. The molecule has 0 aliphatic rings. The molecular formula is C16H24N2OS. The summed E-state index contributed by atoms with van der Waals surface area (Å²) in [6.07, 6.45) is 1.56. The molecule has 0 aromatic heterocycles. The predicted octanol–water partition coefficient (Wildman–Crippen LogP) is 3.88. The molecule has 1 rings (SSSR count). The summed E-state index contributed by atoms with van der Waals surface area (Å²) in [4.78, 5) is 0.997. The number of hydrogen-bond donors (Lipinski definition) is 2. The van der Waals surface area contributed by atoms with E-state index in [0.717, 1.165) is 29.2 Å². The normalized spacial score (nSPS) is 12.2.